The minimum Gasteiger partial charge on any atom is -0.381 e. The molecular weight excluding hydrogens is 287 g/mol. The van der Waals surface area contributed by atoms with E-state index in [1.54, 1.807) is 0 Å². The summed E-state index contributed by atoms with van der Waals surface area (Å²) in [5, 5.41) is 0. The van der Waals surface area contributed by atoms with Crippen molar-refractivity contribution in [1.29, 1.82) is 0 Å². The van der Waals surface area contributed by atoms with Crippen LogP contribution in [-0.2, 0) is 4.74 Å². The zero-order valence-electron chi connectivity index (χ0n) is 7.90. The normalized spacial score (nSPS) is 40.4. The molecule has 1 aromatic rings. The number of halogens is 1. The molecule has 0 bridgehead atoms. The van der Waals surface area contributed by atoms with Crippen molar-refractivity contribution in [2.45, 2.75) is 9.84 Å². The van der Waals surface area contributed by atoms with E-state index in [9.17, 15) is 0 Å². The molecular formula is C12H13IO. The van der Waals surface area contributed by atoms with Gasteiger partial charge in [-0.3, -0.25) is 0 Å². The number of benzene rings is 1. The third-order valence-corrected chi connectivity index (χ3v) is 5.27. The first-order chi connectivity index (χ1) is 6.88. The van der Waals surface area contributed by atoms with Crippen molar-refractivity contribution < 1.29 is 4.74 Å². The summed E-state index contributed by atoms with van der Waals surface area (Å²) in [5.41, 5.74) is 1.50. The minimum atomic E-state index is 0.740. The molecule has 14 heavy (non-hydrogen) atoms. The zero-order valence-corrected chi connectivity index (χ0v) is 10.1. The fourth-order valence-corrected chi connectivity index (χ4v) is 4.44. The monoisotopic (exact) mass is 300 g/mol. The Morgan fingerprint density at radius 1 is 1.07 bits per heavy atom. The topological polar surface area (TPSA) is 9.23 Å². The molecule has 74 valence electrons. The quantitative estimate of drug-likeness (QED) is 0.572. The van der Waals surface area contributed by atoms with Gasteiger partial charge in [0.25, 0.3) is 0 Å². The molecule has 1 aliphatic carbocycles. The van der Waals surface area contributed by atoms with Crippen LogP contribution >= 0.6 is 22.6 Å². The van der Waals surface area contributed by atoms with Gasteiger partial charge >= 0.3 is 0 Å². The summed E-state index contributed by atoms with van der Waals surface area (Å²) >= 11 is 2.60. The molecule has 0 spiro atoms. The Kier molecular flexibility index (Phi) is 2.28. The summed E-state index contributed by atoms with van der Waals surface area (Å²) in [4.78, 5) is 0. The molecule has 1 saturated carbocycles. The second-order valence-electron chi connectivity index (χ2n) is 4.25. The van der Waals surface area contributed by atoms with Crippen molar-refractivity contribution in [3.8, 4) is 0 Å². The van der Waals surface area contributed by atoms with E-state index in [4.69, 9.17) is 4.74 Å². The third kappa shape index (κ3) is 1.23. The lowest BCUT2D eigenvalue weighted by Gasteiger charge is -2.44. The number of hydrogen-bond acceptors (Lipinski definition) is 1. The summed E-state index contributed by atoms with van der Waals surface area (Å²) < 4.78 is 6.33. The van der Waals surface area contributed by atoms with Gasteiger partial charge in [-0.2, -0.15) is 0 Å². The van der Waals surface area contributed by atoms with Crippen LogP contribution in [0.1, 0.15) is 11.5 Å². The molecule has 4 atom stereocenters. The Balaban J connectivity index is 1.87. The molecule has 1 unspecified atom stereocenters. The Bertz CT molecular complexity index is 324. The Hall–Kier alpha value is -0.0900. The number of rotatable bonds is 1. The van der Waals surface area contributed by atoms with Gasteiger partial charge in [-0.1, -0.05) is 52.9 Å². The molecule has 1 saturated heterocycles. The summed E-state index contributed by atoms with van der Waals surface area (Å²) in [6.45, 7) is 1.96. The molecule has 1 aliphatic heterocycles. The van der Waals surface area contributed by atoms with Gasteiger partial charge in [-0.05, 0) is 11.5 Å². The number of hydrogen-bond donors (Lipinski definition) is 0. The fourth-order valence-electron chi connectivity index (χ4n) is 2.75. The maximum absolute atomic E-state index is 5.55. The van der Waals surface area contributed by atoms with Crippen LogP contribution in [0.25, 0.3) is 0 Å². The average molecular weight is 300 g/mol. The van der Waals surface area contributed by atoms with Crippen LogP contribution in [0.4, 0.5) is 0 Å². The first-order valence-electron chi connectivity index (χ1n) is 5.14. The first kappa shape index (κ1) is 9.16. The van der Waals surface area contributed by atoms with E-state index in [2.05, 4.69) is 52.9 Å². The van der Waals surface area contributed by atoms with Crippen molar-refractivity contribution in [1.82, 2.24) is 0 Å². The zero-order chi connectivity index (χ0) is 9.54. The van der Waals surface area contributed by atoms with Crippen LogP contribution < -0.4 is 0 Å². The second kappa shape index (κ2) is 3.49. The number of ether oxygens (including phenoxy) is 1. The molecule has 0 aromatic heterocycles. The number of fused-ring (bicyclic) bond motifs is 1. The highest BCUT2D eigenvalue weighted by Gasteiger charge is 2.52. The minimum absolute atomic E-state index is 0.740. The van der Waals surface area contributed by atoms with Gasteiger partial charge in [0, 0.05) is 15.8 Å². The maximum Gasteiger partial charge on any atom is 0.0508 e. The summed E-state index contributed by atoms with van der Waals surface area (Å²) in [6.07, 6.45) is 0. The SMILES string of the molecule is I[C@H]1C(c2ccccc2)[C@@H]2COC[C@H]12. The second-order valence-corrected chi connectivity index (χ2v) is 5.68. The molecule has 0 amide bonds. The first-order valence-corrected chi connectivity index (χ1v) is 6.39. The van der Waals surface area contributed by atoms with Crippen molar-refractivity contribution in [2.24, 2.45) is 11.8 Å². The van der Waals surface area contributed by atoms with Gasteiger partial charge in [-0.25, -0.2) is 0 Å². The standard InChI is InChI=1S/C12H13IO/c13-12-10-7-14-6-9(10)11(12)8-4-2-1-3-5-8/h1-5,9-12H,6-7H2/t9-,10+,11?,12-/m1/s1. The highest BCUT2D eigenvalue weighted by atomic mass is 127. The van der Waals surface area contributed by atoms with E-state index in [0.29, 0.717) is 0 Å². The van der Waals surface area contributed by atoms with Crippen LogP contribution in [0.2, 0.25) is 0 Å². The molecule has 0 radical (unpaired) electrons. The molecule has 1 heterocycles. The van der Waals surface area contributed by atoms with Gasteiger partial charge in [0.05, 0.1) is 13.2 Å². The summed E-state index contributed by atoms with van der Waals surface area (Å²) in [7, 11) is 0. The molecule has 2 aliphatic rings. The van der Waals surface area contributed by atoms with Gasteiger partial charge in [-0.15, -0.1) is 0 Å². The molecule has 2 heteroatoms. The lowest BCUT2D eigenvalue weighted by Crippen LogP contribution is -2.44. The Labute approximate surface area is 98.0 Å². The van der Waals surface area contributed by atoms with Gasteiger partial charge in [0.1, 0.15) is 0 Å². The van der Waals surface area contributed by atoms with E-state index in [1.807, 2.05) is 0 Å². The van der Waals surface area contributed by atoms with Crippen LogP contribution in [0.5, 0.6) is 0 Å². The van der Waals surface area contributed by atoms with Gasteiger partial charge in [0.2, 0.25) is 0 Å². The Morgan fingerprint density at radius 3 is 2.57 bits per heavy atom. The van der Waals surface area contributed by atoms with E-state index >= 15 is 0 Å². The maximum atomic E-state index is 5.55. The predicted octanol–water partition coefficient (Wildman–Crippen LogP) is 2.85. The molecule has 1 nitrogen and oxygen atoms in total. The van der Waals surface area contributed by atoms with E-state index in [-0.39, 0.29) is 0 Å². The highest BCUT2D eigenvalue weighted by molar-refractivity contribution is 14.1. The lowest BCUT2D eigenvalue weighted by atomic mass is 9.64. The average Bonchev–Trinajstić information content (AvgIpc) is 2.63. The molecule has 2 fully saturated rings. The third-order valence-electron chi connectivity index (χ3n) is 3.57. The van der Waals surface area contributed by atoms with Crippen molar-refractivity contribution >= 4 is 22.6 Å². The lowest BCUT2D eigenvalue weighted by molar-refractivity contribution is 0.185. The van der Waals surface area contributed by atoms with Crippen LogP contribution in [-0.4, -0.2) is 17.1 Å². The van der Waals surface area contributed by atoms with E-state index in [0.717, 1.165) is 34.9 Å². The molecule has 0 N–H and O–H groups in total. The van der Waals surface area contributed by atoms with Crippen molar-refractivity contribution in [2.75, 3.05) is 13.2 Å². The van der Waals surface area contributed by atoms with Crippen LogP contribution in [0.15, 0.2) is 30.3 Å². The molecule has 3 rings (SSSR count). The fraction of sp³-hybridized carbons (Fsp3) is 0.500. The van der Waals surface area contributed by atoms with Crippen molar-refractivity contribution in [3.05, 3.63) is 35.9 Å². The largest absolute Gasteiger partial charge is 0.381 e. The van der Waals surface area contributed by atoms with Gasteiger partial charge < -0.3 is 4.74 Å². The summed E-state index contributed by atoms with van der Waals surface area (Å²) in [6, 6.07) is 10.9. The highest BCUT2D eigenvalue weighted by Crippen LogP contribution is 2.54. The predicted molar refractivity (Wildman–Crippen MR) is 64.8 cm³/mol. The van der Waals surface area contributed by atoms with Crippen molar-refractivity contribution in [3.63, 3.8) is 0 Å². The molecule has 1 aromatic carbocycles. The number of alkyl halides is 1. The van der Waals surface area contributed by atoms with E-state index in [1.165, 1.54) is 5.56 Å². The van der Waals surface area contributed by atoms with Crippen LogP contribution in [0, 0.1) is 11.8 Å². The van der Waals surface area contributed by atoms with E-state index < -0.39 is 0 Å². The van der Waals surface area contributed by atoms with Gasteiger partial charge in [0.15, 0.2) is 0 Å². The Morgan fingerprint density at radius 2 is 1.79 bits per heavy atom. The van der Waals surface area contributed by atoms with Crippen LogP contribution in [0.3, 0.4) is 0 Å². The summed E-state index contributed by atoms with van der Waals surface area (Å²) in [5.74, 6) is 2.35. The smallest absolute Gasteiger partial charge is 0.0508 e.